The van der Waals surface area contributed by atoms with Gasteiger partial charge in [-0.15, -0.1) is 5.73 Å². The summed E-state index contributed by atoms with van der Waals surface area (Å²) in [5.41, 5.74) is 8.19. The fraction of sp³-hybridized carbons (Fsp3) is 0.167. The van der Waals surface area contributed by atoms with Crippen LogP contribution in [0.4, 0.5) is 0 Å². The van der Waals surface area contributed by atoms with E-state index in [0.29, 0.717) is 12.3 Å². The van der Waals surface area contributed by atoms with E-state index in [1.54, 1.807) is 12.3 Å². The molecule has 0 atom stereocenters. The molecule has 0 aromatic rings. The summed E-state index contributed by atoms with van der Waals surface area (Å²) in [4.78, 5) is 7.51. The minimum Gasteiger partial charge on any atom is -0.387 e. The van der Waals surface area contributed by atoms with Crippen molar-refractivity contribution in [2.24, 2.45) is 15.7 Å². The number of rotatable bonds is 0. The fourth-order valence-electron chi connectivity index (χ4n) is 0.453. The van der Waals surface area contributed by atoms with Crippen molar-refractivity contribution in [3.8, 4) is 0 Å². The fourth-order valence-corrected chi connectivity index (χ4v) is 0.453. The van der Waals surface area contributed by atoms with Gasteiger partial charge in [-0.25, -0.2) is 9.98 Å². The summed E-state index contributed by atoms with van der Waals surface area (Å²) in [5.74, 6) is 0.569. The van der Waals surface area contributed by atoms with E-state index < -0.39 is 0 Å². The Kier molecular flexibility index (Phi) is 1.83. The molecule has 0 unspecified atom stereocenters. The van der Waals surface area contributed by atoms with Crippen LogP contribution in [-0.2, 0) is 0 Å². The van der Waals surface area contributed by atoms with E-state index in [1.807, 2.05) is 0 Å². The van der Waals surface area contributed by atoms with Crippen LogP contribution in [0.25, 0.3) is 0 Å². The Morgan fingerprint density at radius 2 is 2.56 bits per heavy atom. The molecule has 0 radical (unpaired) electrons. The van der Waals surface area contributed by atoms with Crippen LogP contribution in [0.5, 0.6) is 0 Å². The summed E-state index contributed by atoms with van der Waals surface area (Å²) in [6, 6.07) is 0. The molecule has 0 bridgehead atoms. The minimum atomic E-state index is 0.569. The number of nitrogens with zero attached hydrogens (tertiary/aromatic N) is 2. The topological polar surface area (TPSA) is 50.7 Å². The van der Waals surface area contributed by atoms with Crippen molar-refractivity contribution in [2.45, 2.75) is 6.42 Å². The molecule has 0 saturated carbocycles. The zero-order valence-electron chi connectivity index (χ0n) is 4.91. The molecule has 1 heterocycles. The Balaban J connectivity index is 2.77. The third kappa shape index (κ3) is 1.93. The second kappa shape index (κ2) is 2.84. The van der Waals surface area contributed by atoms with Crippen LogP contribution in [0.15, 0.2) is 28.0 Å². The standard InChI is InChI=1S/C6H7N3/c7-6-3-1-2-4-8-5-9-6/h1,4-5H,3H2,(H2,7,8,9). The molecular formula is C6H7N3. The van der Waals surface area contributed by atoms with Gasteiger partial charge in [0.1, 0.15) is 12.2 Å². The first-order chi connectivity index (χ1) is 4.39. The normalized spacial score (nSPS) is 26.0. The third-order valence-corrected chi connectivity index (χ3v) is 0.868. The van der Waals surface area contributed by atoms with E-state index >= 15 is 0 Å². The smallest absolute Gasteiger partial charge is 0.118 e. The lowest BCUT2D eigenvalue weighted by Gasteiger charge is -1.89. The number of nitrogens with two attached hydrogens (primary N) is 1. The van der Waals surface area contributed by atoms with Gasteiger partial charge in [-0.1, -0.05) is 0 Å². The number of hydrogen-bond donors (Lipinski definition) is 1. The largest absolute Gasteiger partial charge is 0.387 e. The first-order valence-corrected chi connectivity index (χ1v) is 2.63. The molecule has 9 heavy (non-hydrogen) atoms. The lowest BCUT2D eigenvalue weighted by molar-refractivity contribution is 1.37. The van der Waals surface area contributed by atoms with Crippen molar-refractivity contribution < 1.29 is 0 Å². The average Bonchev–Trinajstić information content (AvgIpc) is 1.79. The maximum Gasteiger partial charge on any atom is 0.118 e. The summed E-state index contributed by atoms with van der Waals surface area (Å²) in [6.07, 6.45) is 5.41. The summed E-state index contributed by atoms with van der Waals surface area (Å²) in [5, 5.41) is 0. The predicted octanol–water partition coefficient (Wildman–Crippen LogP) is 0.444. The first kappa shape index (κ1) is 5.79. The van der Waals surface area contributed by atoms with Crippen molar-refractivity contribution in [1.82, 2.24) is 0 Å². The molecule has 0 spiro atoms. The highest BCUT2D eigenvalue weighted by Gasteiger charge is 1.84. The van der Waals surface area contributed by atoms with E-state index in [1.165, 1.54) is 6.34 Å². The van der Waals surface area contributed by atoms with Gasteiger partial charge in [0, 0.05) is 6.42 Å². The van der Waals surface area contributed by atoms with Crippen LogP contribution >= 0.6 is 0 Å². The van der Waals surface area contributed by atoms with Gasteiger partial charge in [0.15, 0.2) is 0 Å². The van der Waals surface area contributed by atoms with Crippen LogP contribution in [0, 0.1) is 0 Å². The van der Waals surface area contributed by atoms with Gasteiger partial charge in [0.25, 0.3) is 0 Å². The van der Waals surface area contributed by atoms with Crippen LogP contribution in [0.1, 0.15) is 6.42 Å². The molecule has 0 aromatic heterocycles. The van der Waals surface area contributed by atoms with Gasteiger partial charge in [0.2, 0.25) is 0 Å². The molecule has 1 aliphatic heterocycles. The Bertz CT molecular complexity index is 206. The van der Waals surface area contributed by atoms with Crippen molar-refractivity contribution in [2.75, 3.05) is 0 Å². The maximum absolute atomic E-state index is 5.38. The van der Waals surface area contributed by atoms with Crippen LogP contribution < -0.4 is 5.73 Å². The Morgan fingerprint density at radius 3 is 3.44 bits per heavy atom. The second-order valence-electron chi connectivity index (χ2n) is 1.59. The van der Waals surface area contributed by atoms with E-state index in [0.717, 1.165) is 0 Å². The summed E-state index contributed by atoms with van der Waals surface area (Å²) < 4.78 is 0. The lowest BCUT2D eigenvalue weighted by Crippen LogP contribution is -2.10. The number of hydrogen-bond acceptors (Lipinski definition) is 3. The Morgan fingerprint density at radius 1 is 1.67 bits per heavy atom. The van der Waals surface area contributed by atoms with Gasteiger partial charge in [-0.05, 0) is 6.08 Å². The van der Waals surface area contributed by atoms with Crippen LogP contribution in [0.3, 0.4) is 0 Å². The summed E-state index contributed by atoms with van der Waals surface area (Å²) in [6.45, 7) is 0. The zero-order chi connectivity index (χ0) is 6.53. The van der Waals surface area contributed by atoms with Gasteiger partial charge in [-0.2, -0.15) is 0 Å². The molecule has 3 nitrogen and oxygen atoms in total. The highest BCUT2D eigenvalue weighted by molar-refractivity contribution is 5.88. The highest BCUT2D eigenvalue weighted by Crippen LogP contribution is 1.84. The predicted molar refractivity (Wildman–Crippen MR) is 37.4 cm³/mol. The molecule has 0 aliphatic carbocycles. The van der Waals surface area contributed by atoms with Crippen molar-refractivity contribution >= 4 is 12.2 Å². The zero-order valence-corrected chi connectivity index (χ0v) is 4.91. The third-order valence-electron chi connectivity index (χ3n) is 0.868. The van der Waals surface area contributed by atoms with Crippen LogP contribution in [-0.4, -0.2) is 12.2 Å². The second-order valence-corrected chi connectivity index (χ2v) is 1.59. The van der Waals surface area contributed by atoms with E-state index in [-0.39, 0.29) is 0 Å². The molecule has 46 valence electrons. The Labute approximate surface area is 53.3 Å². The molecule has 3 heteroatoms. The Hall–Kier alpha value is -1.34. The van der Waals surface area contributed by atoms with E-state index in [9.17, 15) is 0 Å². The molecule has 1 aliphatic rings. The van der Waals surface area contributed by atoms with Crippen LogP contribution in [0.2, 0.25) is 0 Å². The summed E-state index contributed by atoms with van der Waals surface area (Å²) >= 11 is 0. The number of amidine groups is 1. The van der Waals surface area contributed by atoms with Gasteiger partial charge >= 0.3 is 0 Å². The van der Waals surface area contributed by atoms with Crippen molar-refractivity contribution in [3.05, 3.63) is 18.0 Å². The quantitative estimate of drug-likeness (QED) is 0.464. The monoisotopic (exact) mass is 121 g/mol. The first-order valence-electron chi connectivity index (χ1n) is 2.63. The molecule has 0 saturated heterocycles. The van der Waals surface area contributed by atoms with Gasteiger partial charge in [0.05, 0.1) is 6.20 Å². The van der Waals surface area contributed by atoms with E-state index in [4.69, 9.17) is 5.73 Å². The molecule has 1 rings (SSSR count). The lowest BCUT2D eigenvalue weighted by atomic mass is 10.4. The SMILES string of the molecule is N/C1=N/C=N\C=C=CC1. The molecule has 0 fully saturated rings. The molecule has 0 amide bonds. The van der Waals surface area contributed by atoms with Gasteiger partial charge < -0.3 is 5.73 Å². The maximum atomic E-state index is 5.38. The molecular weight excluding hydrogens is 114 g/mol. The number of aliphatic imine (C=N–C) groups is 2. The van der Waals surface area contributed by atoms with Crippen molar-refractivity contribution in [3.63, 3.8) is 0 Å². The van der Waals surface area contributed by atoms with Crippen molar-refractivity contribution in [1.29, 1.82) is 0 Å². The highest BCUT2D eigenvalue weighted by atomic mass is 14.9. The van der Waals surface area contributed by atoms with E-state index in [2.05, 4.69) is 15.7 Å². The average molecular weight is 121 g/mol. The molecule has 2 N–H and O–H groups in total. The summed E-state index contributed by atoms with van der Waals surface area (Å²) in [7, 11) is 0. The minimum absolute atomic E-state index is 0.569. The van der Waals surface area contributed by atoms with Gasteiger partial charge in [-0.3, -0.25) is 0 Å². The molecule has 0 aromatic carbocycles.